The molecule has 3 rings (SSSR count). The van der Waals surface area contributed by atoms with Gasteiger partial charge in [0, 0.05) is 25.0 Å². The van der Waals surface area contributed by atoms with Crippen LogP contribution < -0.4 is 0 Å². The second-order valence-corrected chi connectivity index (χ2v) is 9.89. The molecule has 0 aliphatic rings. The van der Waals surface area contributed by atoms with Crippen molar-refractivity contribution in [3.63, 3.8) is 0 Å². The predicted molar refractivity (Wildman–Crippen MR) is 155 cm³/mol. The van der Waals surface area contributed by atoms with Crippen molar-refractivity contribution < 1.29 is 4.79 Å². The third-order valence-corrected chi connectivity index (χ3v) is 6.35. The molecule has 1 heterocycles. The van der Waals surface area contributed by atoms with Gasteiger partial charge >= 0.3 is 0 Å². The van der Waals surface area contributed by atoms with E-state index in [9.17, 15) is 4.79 Å². The second-order valence-electron chi connectivity index (χ2n) is 7.34. The van der Waals surface area contributed by atoms with Crippen LogP contribution in [-0.4, -0.2) is 47.1 Å². The molecular weight excluding hydrogens is 444 g/mol. The maximum absolute atomic E-state index is 10.8. The summed E-state index contributed by atoms with van der Waals surface area (Å²) in [4.78, 5) is 15.9. The third-order valence-electron chi connectivity index (χ3n) is 4.56. The molecule has 0 saturated carbocycles. The van der Waals surface area contributed by atoms with Gasteiger partial charge in [-0.2, -0.15) is 11.8 Å². The molecule has 33 heavy (non-hydrogen) atoms. The smallest absolute Gasteiger partial charge is 0.232 e. The van der Waals surface area contributed by atoms with Gasteiger partial charge in [0.2, 0.25) is 5.91 Å². The monoisotopic (exact) mass is 490 g/mol. The number of hydrogen-bond donors (Lipinski definition) is 1. The van der Waals surface area contributed by atoms with Gasteiger partial charge in [0.1, 0.15) is 0 Å². The Morgan fingerprint density at radius 2 is 1.42 bits per heavy atom. The molecule has 1 aromatic heterocycles. The van der Waals surface area contributed by atoms with E-state index in [0.29, 0.717) is 5.75 Å². The summed E-state index contributed by atoms with van der Waals surface area (Å²) in [6.07, 6.45) is 1.10. The molecule has 0 saturated heterocycles. The average molecular weight is 491 g/mol. The fourth-order valence-corrected chi connectivity index (χ4v) is 4.29. The fourth-order valence-electron chi connectivity index (χ4n) is 2.75. The van der Waals surface area contributed by atoms with Crippen LogP contribution in [0, 0.1) is 13.8 Å². The summed E-state index contributed by atoms with van der Waals surface area (Å²) in [6, 6.07) is 17.0. The molecule has 0 radical (unpaired) electrons. The lowest BCUT2D eigenvalue weighted by atomic mass is 10.1. The largest absolute Gasteiger partial charge is 0.349 e. The molecule has 5 heteroatoms. The molecule has 0 aliphatic carbocycles. The minimum absolute atomic E-state index is 0. The molecule has 186 valence electrons. The third kappa shape index (κ3) is 12.3. The highest BCUT2D eigenvalue weighted by atomic mass is 32.2. The minimum atomic E-state index is 0. The van der Waals surface area contributed by atoms with Crippen LogP contribution in [0.1, 0.15) is 52.3 Å². The number of para-hydroxylation sites is 1. The number of thioether (sulfide) groups is 2. The molecule has 0 aliphatic heterocycles. The standard InChI is InChI=1S/C12H15NS.C8H10.C6H13NOS.2CH4/c1-3-9-10-7-5-6-8-11(10)13-12(9)14-4-2;1-7-3-5-8(2)6-4-7;1-4-9-5-6(8)7(2)3;;/h5-8,13H,3-4H2,1-2H3;3-6H,1-2H3;4-5H2,1-3H3;2*1H4. The second kappa shape index (κ2) is 18.6. The minimum Gasteiger partial charge on any atom is -0.349 e. The number of nitrogens with one attached hydrogen (secondary N) is 1. The number of aryl methyl sites for hydroxylation is 3. The van der Waals surface area contributed by atoms with Gasteiger partial charge < -0.3 is 9.88 Å². The van der Waals surface area contributed by atoms with Crippen LogP contribution in [0.3, 0.4) is 0 Å². The highest BCUT2D eigenvalue weighted by molar-refractivity contribution is 7.99. The molecule has 1 amide bonds. The number of benzene rings is 2. The Labute approximate surface area is 212 Å². The molecule has 0 spiro atoms. The number of aromatic amines is 1. The van der Waals surface area contributed by atoms with Gasteiger partial charge in [0.05, 0.1) is 10.8 Å². The van der Waals surface area contributed by atoms with Gasteiger partial charge in [0.15, 0.2) is 0 Å². The number of hydrogen-bond acceptors (Lipinski definition) is 3. The number of amides is 1. The normalized spacial score (nSPS) is 9.42. The summed E-state index contributed by atoms with van der Waals surface area (Å²) in [5.74, 6) is 2.95. The van der Waals surface area contributed by atoms with E-state index in [0.717, 1.165) is 17.9 Å². The van der Waals surface area contributed by atoms with Crippen LogP contribution in [0.5, 0.6) is 0 Å². The summed E-state index contributed by atoms with van der Waals surface area (Å²) in [5, 5.41) is 2.72. The maximum Gasteiger partial charge on any atom is 0.232 e. The van der Waals surface area contributed by atoms with Crippen LogP contribution in [0.15, 0.2) is 53.6 Å². The van der Waals surface area contributed by atoms with Crippen molar-refractivity contribution >= 4 is 40.3 Å². The maximum atomic E-state index is 10.8. The van der Waals surface area contributed by atoms with Crippen molar-refractivity contribution in [3.05, 3.63) is 65.2 Å². The van der Waals surface area contributed by atoms with Gasteiger partial charge in [-0.05, 0) is 43.4 Å². The number of carbonyl (C=O) groups excluding carboxylic acids is 1. The Morgan fingerprint density at radius 1 is 0.879 bits per heavy atom. The Hall–Kier alpha value is -1.85. The molecule has 0 bridgehead atoms. The summed E-state index contributed by atoms with van der Waals surface area (Å²) in [6.45, 7) is 10.7. The number of aromatic nitrogens is 1. The first-order valence-corrected chi connectivity index (χ1v) is 13.0. The molecule has 2 aromatic carbocycles. The van der Waals surface area contributed by atoms with Gasteiger partial charge in [0.25, 0.3) is 0 Å². The summed E-state index contributed by atoms with van der Waals surface area (Å²) in [7, 11) is 3.55. The average Bonchev–Trinajstić information content (AvgIpc) is 3.12. The van der Waals surface area contributed by atoms with E-state index in [1.54, 1.807) is 30.8 Å². The highest BCUT2D eigenvalue weighted by Crippen LogP contribution is 2.29. The van der Waals surface area contributed by atoms with E-state index in [1.165, 1.54) is 32.6 Å². The SMILES string of the molecule is C.C.CCSCC(=O)N(C)C.CCSc1[nH]c2ccccc2c1CC.Cc1ccc(C)cc1. The van der Waals surface area contributed by atoms with Crippen LogP contribution >= 0.6 is 23.5 Å². The first-order valence-electron chi connectivity index (χ1n) is 10.9. The number of nitrogens with zero attached hydrogens (tertiary/aromatic N) is 1. The van der Waals surface area contributed by atoms with Crippen LogP contribution in [0.4, 0.5) is 0 Å². The zero-order valence-electron chi connectivity index (χ0n) is 20.1. The first-order chi connectivity index (χ1) is 14.8. The Bertz CT molecular complexity index is 881. The van der Waals surface area contributed by atoms with E-state index in [-0.39, 0.29) is 20.8 Å². The van der Waals surface area contributed by atoms with Crippen LogP contribution in [-0.2, 0) is 11.2 Å². The lowest BCUT2D eigenvalue weighted by Gasteiger charge is -2.07. The molecule has 3 nitrogen and oxygen atoms in total. The Morgan fingerprint density at radius 3 is 1.88 bits per heavy atom. The van der Waals surface area contributed by atoms with Gasteiger partial charge in [-0.15, -0.1) is 11.8 Å². The predicted octanol–water partition coefficient (Wildman–Crippen LogP) is 8.25. The summed E-state index contributed by atoms with van der Waals surface area (Å²) < 4.78 is 0. The van der Waals surface area contributed by atoms with E-state index in [4.69, 9.17) is 0 Å². The van der Waals surface area contributed by atoms with Crippen molar-refractivity contribution in [1.29, 1.82) is 0 Å². The van der Waals surface area contributed by atoms with E-state index in [1.807, 2.05) is 18.7 Å². The Balaban J connectivity index is 0. The quantitative estimate of drug-likeness (QED) is 0.353. The van der Waals surface area contributed by atoms with E-state index in [2.05, 4.69) is 81.2 Å². The molecule has 0 unspecified atom stereocenters. The van der Waals surface area contributed by atoms with Crippen LogP contribution in [0.25, 0.3) is 10.9 Å². The molecule has 0 atom stereocenters. The van der Waals surface area contributed by atoms with Crippen molar-refractivity contribution in [2.75, 3.05) is 31.4 Å². The number of carbonyl (C=O) groups is 1. The van der Waals surface area contributed by atoms with Gasteiger partial charge in [-0.1, -0.05) is 89.2 Å². The van der Waals surface area contributed by atoms with Crippen molar-refractivity contribution in [2.45, 2.75) is 60.9 Å². The van der Waals surface area contributed by atoms with Crippen molar-refractivity contribution in [2.24, 2.45) is 0 Å². The lowest BCUT2D eigenvalue weighted by molar-refractivity contribution is -0.125. The lowest BCUT2D eigenvalue weighted by Crippen LogP contribution is -2.23. The topological polar surface area (TPSA) is 36.1 Å². The fraction of sp³-hybridized carbons (Fsp3) is 0.464. The van der Waals surface area contributed by atoms with Crippen LogP contribution in [0.2, 0.25) is 0 Å². The van der Waals surface area contributed by atoms with Crippen molar-refractivity contribution in [3.8, 4) is 0 Å². The Kier molecular flexibility index (Phi) is 18.7. The summed E-state index contributed by atoms with van der Waals surface area (Å²) in [5.41, 5.74) is 5.39. The molecule has 1 N–H and O–H groups in total. The van der Waals surface area contributed by atoms with Gasteiger partial charge in [-0.25, -0.2) is 0 Å². The zero-order valence-corrected chi connectivity index (χ0v) is 21.8. The van der Waals surface area contributed by atoms with Crippen molar-refractivity contribution in [1.82, 2.24) is 9.88 Å². The molecular formula is C28H46N2OS2. The number of H-pyrrole nitrogens is 1. The molecule has 0 fully saturated rings. The number of rotatable bonds is 6. The number of fused-ring (bicyclic) bond motifs is 1. The summed E-state index contributed by atoms with van der Waals surface area (Å²) >= 11 is 3.55. The van der Waals surface area contributed by atoms with Gasteiger partial charge in [-0.3, -0.25) is 4.79 Å². The van der Waals surface area contributed by atoms with E-state index < -0.39 is 0 Å². The molecule has 3 aromatic rings. The zero-order chi connectivity index (χ0) is 23.2. The highest BCUT2D eigenvalue weighted by Gasteiger charge is 2.08. The first kappa shape index (κ1) is 33.3. The van der Waals surface area contributed by atoms with E-state index >= 15 is 0 Å².